The van der Waals surface area contributed by atoms with Crippen LogP contribution >= 0.6 is 39.5 Å². The van der Waals surface area contributed by atoms with Crippen LogP contribution in [0.1, 0.15) is 15.2 Å². The number of nitrogens with one attached hydrogen (secondary N) is 1. The number of amides is 1. The highest BCUT2D eigenvalue weighted by atomic mass is 79.9. The van der Waals surface area contributed by atoms with Crippen molar-refractivity contribution in [1.29, 1.82) is 0 Å². The third-order valence-electron chi connectivity index (χ3n) is 2.22. The van der Waals surface area contributed by atoms with Gasteiger partial charge in [-0.1, -0.05) is 12.2 Å². The first kappa shape index (κ1) is 13.2. The summed E-state index contributed by atoms with van der Waals surface area (Å²) in [4.78, 5) is 12.9. The minimum atomic E-state index is -0.131. The van der Waals surface area contributed by atoms with Crippen molar-refractivity contribution in [3.05, 3.63) is 50.6 Å². The van der Waals surface area contributed by atoms with E-state index >= 15 is 0 Å². The van der Waals surface area contributed by atoms with Gasteiger partial charge in [0, 0.05) is 11.3 Å². The molecule has 0 saturated carbocycles. The molecule has 0 spiro atoms. The predicted molar refractivity (Wildman–Crippen MR) is 82.3 cm³/mol. The highest BCUT2D eigenvalue weighted by Gasteiger charge is 2.08. The molecule has 3 nitrogen and oxygen atoms in total. The largest absolute Gasteiger partial charge is 0.389 e. The Morgan fingerprint density at radius 3 is 2.39 bits per heavy atom. The molecule has 0 fully saturated rings. The summed E-state index contributed by atoms with van der Waals surface area (Å²) in [6.45, 7) is 0. The maximum Gasteiger partial charge on any atom is 0.265 e. The van der Waals surface area contributed by atoms with E-state index in [1.807, 2.05) is 6.07 Å². The van der Waals surface area contributed by atoms with E-state index in [9.17, 15) is 4.79 Å². The Balaban J connectivity index is 2.10. The van der Waals surface area contributed by atoms with E-state index < -0.39 is 0 Å². The van der Waals surface area contributed by atoms with Crippen LogP contribution in [0.5, 0.6) is 0 Å². The van der Waals surface area contributed by atoms with Crippen LogP contribution in [0, 0.1) is 0 Å². The molecule has 0 aliphatic rings. The molecule has 0 unspecified atom stereocenters. The number of hydrogen-bond donors (Lipinski definition) is 2. The Morgan fingerprint density at radius 1 is 1.22 bits per heavy atom. The van der Waals surface area contributed by atoms with Crippen molar-refractivity contribution in [1.82, 2.24) is 0 Å². The van der Waals surface area contributed by atoms with Crippen molar-refractivity contribution in [2.24, 2.45) is 5.73 Å². The summed E-state index contributed by atoms with van der Waals surface area (Å²) in [5.74, 6) is -0.131. The number of rotatable bonds is 3. The normalized spacial score (nSPS) is 10.1. The molecule has 0 bridgehead atoms. The monoisotopic (exact) mass is 340 g/mol. The number of halogens is 1. The van der Waals surface area contributed by atoms with Crippen LogP contribution in [0.4, 0.5) is 5.69 Å². The maximum absolute atomic E-state index is 11.9. The predicted octanol–water partition coefficient (Wildman–Crippen LogP) is 3.40. The molecule has 0 atom stereocenters. The third-order valence-corrected chi connectivity index (χ3v) is 4.08. The molecule has 0 aliphatic heterocycles. The maximum atomic E-state index is 11.9. The highest BCUT2D eigenvalue weighted by molar-refractivity contribution is 9.11. The fraction of sp³-hybridized carbons (Fsp3) is 0. The van der Waals surface area contributed by atoms with Crippen molar-refractivity contribution in [3.63, 3.8) is 0 Å². The minimum absolute atomic E-state index is 0.131. The number of nitrogens with two attached hydrogens (primary N) is 1. The SMILES string of the molecule is NC(=S)c1ccc(NC(=O)c2ccc(Br)s2)cc1. The Hall–Kier alpha value is -1.24. The van der Waals surface area contributed by atoms with Gasteiger partial charge in [0.15, 0.2) is 0 Å². The van der Waals surface area contributed by atoms with Crippen LogP contribution in [0.3, 0.4) is 0 Å². The molecule has 1 aromatic carbocycles. The van der Waals surface area contributed by atoms with E-state index in [0.717, 1.165) is 9.35 Å². The number of thiophene rings is 1. The zero-order chi connectivity index (χ0) is 13.1. The van der Waals surface area contributed by atoms with E-state index in [1.165, 1.54) is 11.3 Å². The average molecular weight is 341 g/mol. The second-order valence-electron chi connectivity index (χ2n) is 3.50. The summed E-state index contributed by atoms with van der Waals surface area (Å²) in [7, 11) is 0. The molecule has 1 amide bonds. The quantitative estimate of drug-likeness (QED) is 0.842. The van der Waals surface area contributed by atoms with Crippen molar-refractivity contribution in [3.8, 4) is 0 Å². The lowest BCUT2D eigenvalue weighted by molar-refractivity contribution is 0.103. The van der Waals surface area contributed by atoms with Crippen molar-refractivity contribution >= 4 is 56.1 Å². The van der Waals surface area contributed by atoms with E-state index in [4.69, 9.17) is 18.0 Å². The topological polar surface area (TPSA) is 55.1 Å². The van der Waals surface area contributed by atoms with Gasteiger partial charge in [0.25, 0.3) is 5.91 Å². The summed E-state index contributed by atoms with van der Waals surface area (Å²) in [6, 6.07) is 10.7. The van der Waals surface area contributed by atoms with Gasteiger partial charge in [0.05, 0.1) is 8.66 Å². The summed E-state index contributed by atoms with van der Waals surface area (Å²) >= 11 is 9.57. The number of carbonyl (C=O) groups excluding carboxylic acids is 1. The summed E-state index contributed by atoms with van der Waals surface area (Å²) in [6.07, 6.45) is 0. The van der Waals surface area contributed by atoms with Gasteiger partial charge >= 0.3 is 0 Å². The van der Waals surface area contributed by atoms with Gasteiger partial charge < -0.3 is 11.1 Å². The second-order valence-corrected chi connectivity index (χ2v) is 6.40. The van der Waals surface area contributed by atoms with Crippen molar-refractivity contribution in [2.75, 3.05) is 5.32 Å². The first-order chi connectivity index (χ1) is 8.56. The van der Waals surface area contributed by atoms with Crippen LogP contribution in [-0.2, 0) is 0 Å². The fourth-order valence-corrected chi connectivity index (χ4v) is 2.76. The van der Waals surface area contributed by atoms with Gasteiger partial charge in [-0.25, -0.2) is 0 Å². The lowest BCUT2D eigenvalue weighted by Crippen LogP contribution is -2.11. The van der Waals surface area contributed by atoms with Crippen LogP contribution in [0.25, 0.3) is 0 Å². The minimum Gasteiger partial charge on any atom is -0.389 e. The van der Waals surface area contributed by atoms with Crippen LogP contribution < -0.4 is 11.1 Å². The summed E-state index contributed by atoms with van der Waals surface area (Å²) in [5.41, 5.74) is 6.99. The Bertz CT molecular complexity index is 592. The first-order valence-electron chi connectivity index (χ1n) is 5.03. The molecular weight excluding hydrogens is 332 g/mol. The van der Waals surface area contributed by atoms with Gasteiger partial charge in [-0.2, -0.15) is 0 Å². The van der Waals surface area contributed by atoms with Crippen LogP contribution in [0.15, 0.2) is 40.2 Å². The number of anilines is 1. The standard InChI is InChI=1S/C12H9BrN2OS2/c13-10-6-5-9(18-10)12(16)15-8-3-1-7(2-4-8)11(14)17/h1-6H,(H2,14,17)(H,15,16). The molecule has 18 heavy (non-hydrogen) atoms. The van der Waals surface area contributed by atoms with Crippen LogP contribution in [-0.4, -0.2) is 10.9 Å². The Morgan fingerprint density at radius 2 is 1.89 bits per heavy atom. The zero-order valence-electron chi connectivity index (χ0n) is 9.14. The van der Waals surface area contributed by atoms with E-state index in [0.29, 0.717) is 15.6 Å². The molecule has 3 N–H and O–H groups in total. The molecular formula is C12H9BrN2OS2. The smallest absolute Gasteiger partial charge is 0.265 e. The average Bonchev–Trinajstić information content (AvgIpc) is 2.76. The van der Waals surface area contributed by atoms with Gasteiger partial charge in [0.1, 0.15) is 4.99 Å². The van der Waals surface area contributed by atoms with Crippen molar-refractivity contribution < 1.29 is 4.79 Å². The van der Waals surface area contributed by atoms with Crippen molar-refractivity contribution in [2.45, 2.75) is 0 Å². The Kier molecular flexibility index (Phi) is 4.11. The van der Waals surface area contributed by atoms with Gasteiger partial charge in [-0.05, 0) is 52.3 Å². The first-order valence-corrected chi connectivity index (χ1v) is 7.04. The van der Waals surface area contributed by atoms with E-state index in [1.54, 1.807) is 30.3 Å². The second kappa shape index (κ2) is 5.60. The number of thiocarbonyl (C=S) groups is 1. The molecule has 2 rings (SSSR count). The number of carbonyl (C=O) groups is 1. The third kappa shape index (κ3) is 3.16. The molecule has 1 aromatic heterocycles. The molecule has 6 heteroatoms. The zero-order valence-corrected chi connectivity index (χ0v) is 12.4. The van der Waals surface area contributed by atoms with Crippen LogP contribution in [0.2, 0.25) is 0 Å². The van der Waals surface area contributed by atoms with Gasteiger partial charge in [-0.15, -0.1) is 11.3 Å². The lowest BCUT2D eigenvalue weighted by Gasteiger charge is -2.04. The molecule has 1 heterocycles. The number of benzene rings is 1. The molecule has 0 radical (unpaired) electrons. The Labute approximate surface area is 122 Å². The number of hydrogen-bond acceptors (Lipinski definition) is 3. The van der Waals surface area contributed by atoms with Gasteiger partial charge in [-0.3, -0.25) is 4.79 Å². The fourth-order valence-electron chi connectivity index (χ4n) is 1.35. The van der Waals surface area contributed by atoms with E-state index in [-0.39, 0.29) is 5.91 Å². The van der Waals surface area contributed by atoms with Gasteiger partial charge in [0.2, 0.25) is 0 Å². The molecule has 0 aliphatic carbocycles. The summed E-state index contributed by atoms with van der Waals surface area (Å²) in [5, 5.41) is 2.80. The summed E-state index contributed by atoms with van der Waals surface area (Å²) < 4.78 is 0.927. The molecule has 92 valence electrons. The molecule has 2 aromatic rings. The molecule has 0 saturated heterocycles. The van der Waals surface area contributed by atoms with E-state index in [2.05, 4.69) is 21.2 Å². The highest BCUT2D eigenvalue weighted by Crippen LogP contribution is 2.23. The lowest BCUT2D eigenvalue weighted by atomic mass is 10.2.